The standard InChI is InChI=1S/C21H21N3O4S/c1-2-3-11-28-18-9-7-16(8-10-18)20(25)23-21-22-14-19(29-21)13-15-5-4-6-17(12-15)24(26)27/h4-10,12,14H,2-3,11,13H2,1H3,(H,22,23,25). The number of benzene rings is 2. The van der Waals surface area contributed by atoms with Crippen LogP contribution in [-0.4, -0.2) is 22.4 Å². The molecule has 3 rings (SSSR count). The summed E-state index contributed by atoms with van der Waals surface area (Å²) in [7, 11) is 0. The van der Waals surface area contributed by atoms with Crippen molar-refractivity contribution in [1.29, 1.82) is 0 Å². The molecule has 29 heavy (non-hydrogen) atoms. The molecule has 0 radical (unpaired) electrons. The Balaban J connectivity index is 1.58. The van der Waals surface area contributed by atoms with E-state index in [1.807, 2.05) is 6.07 Å². The van der Waals surface area contributed by atoms with Gasteiger partial charge in [0.25, 0.3) is 11.6 Å². The van der Waals surface area contributed by atoms with E-state index in [1.54, 1.807) is 42.6 Å². The van der Waals surface area contributed by atoms with Crippen molar-refractivity contribution in [3.63, 3.8) is 0 Å². The predicted molar refractivity (Wildman–Crippen MR) is 113 cm³/mol. The average Bonchev–Trinajstić information content (AvgIpc) is 3.15. The molecule has 0 bridgehead atoms. The molecule has 3 aromatic rings. The fourth-order valence-corrected chi connectivity index (χ4v) is 3.48. The number of unbranched alkanes of at least 4 members (excludes halogenated alkanes) is 1. The SMILES string of the molecule is CCCCOc1ccc(C(=O)Nc2ncc(Cc3cccc([N+](=O)[O-])c3)s2)cc1. The van der Waals surface area contributed by atoms with Gasteiger partial charge in [-0.25, -0.2) is 4.98 Å². The summed E-state index contributed by atoms with van der Waals surface area (Å²) in [5.74, 6) is 0.491. The molecule has 0 spiro atoms. The number of anilines is 1. The lowest BCUT2D eigenvalue weighted by Gasteiger charge is -2.06. The number of nitro benzene ring substituents is 1. The molecule has 0 aliphatic carbocycles. The Bertz CT molecular complexity index is 986. The quantitative estimate of drug-likeness (QED) is 0.301. The third-order valence-electron chi connectivity index (χ3n) is 4.16. The second kappa shape index (κ2) is 9.79. The first-order valence-electron chi connectivity index (χ1n) is 9.27. The maximum atomic E-state index is 12.4. The van der Waals surface area contributed by atoms with Crippen molar-refractivity contribution < 1.29 is 14.5 Å². The number of non-ortho nitro benzene ring substituents is 1. The summed E-state index contributed by atoms with van der Waals surface area (Å²) < 4.78 is 5.60. The number of amides is 1. The molecule has 0 saturated carbocycles. The minimum Gasteiger partial charge on any atom is -0.494 e. The Kier molecular flexibility index (Phi) is 6.91. The van der Waals surface area contributed by atoms with E-state index in [-0.39, 0.29) is 11.6 Å². The zero-order valence-electron chi connectivity index (χ0n) is 16.0. The second-order valence-electron chi connectivity index (χ2n) is 6.42. The van der Waals surface area contributed by atoms with Crippen molar-refractivity contribution in [2.75, 3.05) is 11.9 Å². The molecule has 8 heteroatoms. The number of hydrogen-bond acceptors (Lipinski definition) is 6. The molecule has 1 N–H and O–H groups in total. The Labute approximate surface area is 172 Å². The number of ether oxygens (including phenoxy) is 1. The second-order valence-corrected chi connectivity index (χ2v) is 7.53. The lowest BCUT2D eigenvalue weighted by Crippen LogP contribution is -2.11. The molecule has 150 valence electrons. The number of aromatic nitrogens is 1. The Morgan fingerprint density at radius 3 is 2.76 bits per heavy atom. The fraction of sp³-hybridized carbons (Fsp3) is 0.238. The largest absolute Gasteiger partial charge is 0.494 e. The number of nitrogens with one attached hydrogen (secondary N) is 1. The molecular weight excluding hydrogens is 390 g/mol. The van der Waals surface area contributed by atoms with Crippen molar-refractivity contribution >= 4 is 28.1 Å². The summed E-state index contributed by atoms with van der Waals surface area (Å²) in [6.45, 7) is 2.76. The van der Waals surface area contributed by atoms with Crippen LogP contribution in [0.15, 0.2) is 54.7 Å². The lowest BCUT2D eigenvalue weighted by atomic mass is 10.1. The molecule has 1 heterocycles. The van der Waals surface area contributed by atoms with E-state index in [9.17, 15) is 14.9 Å². The molecule has 7 nitrogen and oxygen atoms in total. The van der Waals surface area contributed by atoms with Gasteiger partial charge in [0.2, 0.25) is 0 Å². The molecule has 1 aromatic heterocycles. The van der Waals surface area contributed by atoms with E-state index in [4.69, 9.17) is 4.74 Å². The van der Waals surface area contributed by atoms with Crippen LogP contribution in [0.1, 0.15) is 40.6 Å². The molecule has 1 amide bonds. The summed E-state index contributed by atoms with van der Waals surface area (Å²) in [5, 5.41) is 14.2. The van der Waals surface area contributed by atoms with Crippen LogP contribution in [0.25, 0.3) is 0 Å². The zero-order valence-corrected chi connectivity index (χ0v) is 16.8. The number of carbonyl (C=O) groups excluding carboxylic acids is 1. The van der Waals surface area contributed by atoms with Gasteiger partial charge in [0.05, 0.1) is 11.5 Å². The van der Waals surface area contributed by atoms with Gasteiger partial charge in [-0.3, -0.25) is 20.2 Å². The summed E-state index contributed by atoms with van der Waals surface area (Å²) in [6.07, 6.45) is 4.24. The number of nitro groups is 1. The summed E-state index contributed by atoms with van der Waals surface area (Å²) in [4.78, 5) is 28.0. The number of nitrogens with zero attached hydrogens (tertiary/aromatic N) is 2. The maximum absolute atomic E-state index is 12.4. The highest BCUT2D eigenvalue weighted by Gasteiger charge is 2.11. The molecule has 0 atom stereocenters. The summed E-state index contributed by atoms with van der Waals surface area (Å²) in [6, 6.07) is 13.5. The Morgan fingerprint density at radius 1 is 1.24 bits per heavy atom. The predicted octanol–water partition coefficient (Wildman–Crippen LogP) is 5.07. The number of hydrogen-bond donors (Lipinski definition) is 1. The first kappa shape index (κ1) is 20.5. The zero-order chi connectivity index (χ0) is 20.6. The van der Waals surface area contributed by atoms with Crippen molar-refractivity contribution in [3.05, 3.63) is 80.8 Å². The van der Waals surface area contributed by atoms with Gasteiger partial charge in [-0.05, 0) is 36.2 Å². The first-order valence-corrected chi connectivity index (χ1v) is 10.1. The topological polar surface area (TPSA) is 94.4 Å². The van der Waals surface area contributed by atoms with Crippen molar-refractivity contribution in [2.24, 2.45) is 0 Å². The van der Waals surface area contributed by atoms with Crippen molar-refractivity contribution in [3.8, 4) is 5.75 Å². The van der Waals surface area contributed by atoms with Crippen LogP contribution in [0.2, 0.25) is 0 Å². The molecule has 0 aliphatic rings. The van der Waals surface area contributed by atoms with Crippen molar-refractivity contribution in [2.45, 2.75) is 26.2 Å². The highest BCUT2D eigenvalue weighted by Crippen LogP contribution is 2.23. The molecule has 0 fully saturated rings. The van der Waals surface area contributed by atoms with Gasteiger partial charge < -0.3 is 4.74 Å². The number of carbonyl (C=O) groups is 1. The van der Waals surface area contributed by atoms with Crippen LogP contribution in [-0.2, 0) is 6.42 Å². The van der Waals surface area contributed by atoms with Gasteiger partial charge >= 0.3 is 0 Å². The van der Waals surface area contributed by atoms with Gasteiger partial charge in [-0.2, -0.15) is 0 Å². The normalized spacial score (nSPS) is 10.5. The van der Waals surface area contributed by atoms with Crippen molar-refractivity contribution in [1.82, 2.24) is 4.98 Å². The third kappa shape index (κ3) is 5.86. The fourth-order valence-electron chi connectivity index (χ4n) is 2.63. The van der Waals surface area contributed by atoms with Crippen LogP contribution in [0, 0.1) is 10.1 Å². The average molecular weight is 411 g/mol. The van der Waals surface area contributed by atoms with Gasteiger partial charge in [0.15, 0.2) is 5.13 Å². The smallest absolute Gasteiger partial charge is 0.269 e. The monoisotopic (exact) mass is 411 g/mol. The first-order chi connectivity index (χ1) is 14.0. The summed E-state index contributed by atoms with van der Waals surface area (Å²) >= 11 is 1.34. The minimum absolute atomic E-state index is 0.0580. The van der Waals surface area contributed by atoms with Crippen LogP contribution in [0.4, 0.5) is 10.8 Å². The maximum Gasteiger partial charge on any atom is 0.269 e. The number of rotatable bonds is 9. The van der Waals surface area contributed by atoms with E-state index in [0.717, 1.165) is 29.0 Å². The number of thiazole rings is 1. The van der Waals surface area contributed by atoms with E-state index in [1.165, 1.54) is 17.4 Å². The van der Waals surface area contributed by atoms with Crippen LogP contribution in [0.3, 0.4) is 0 Å². The minimum atomic E-state index is -0.415. The van der Waals surface area contributed by atoms with E-state index >= 15 is 0 Å². The van der Waals surface area contributed by atoms with Gasteiger partial charge in [-0.1, -0.05) is 25.5 Å². The molecular formula is C21H21N3O4S. The molecule has 0 saturated heterocycles. The van der Waals surface area contributed by atoms with E-state index in [2.05, 4.69) is 17.2 Å². The Hall–Kier alpha value is -3.26. The lowest BCUT2D eigenvalue weighted by molar-refractivity contribution is -0.384. The highest BCUT2D eigenvalue weighted by atomic mass is 32.1. The van der Waals surface area contributed by atoms with Gasteiger partial charge in [0.1, 0.15) is 5.75 Å². The van der Waals surface area contributed by atoms with Crippen LogP contribution in [0.5, 0.6) is 5.75 Å². The highest BCUT2D eigenvalue weighted by molar-refractivity contribution is 7.15. The molecule has 2 aromatic carbocycles. The van der Waals surface area contributed by atoms with E-state index < -0.39 is 4.92 Å². The van der Waals surface area contributed by atoms with Crippen LogP contribution >= 0.6 is 11.3 Å². The van der Waals surface area contributed by atoms with Gasteiger partial charge in [-0.15, -0.1) is 11.3 Å². The van der Waals surface area contributed by atoms with Gasteiger partial charge in [0, 0.05) is 35.2 Å². The van der Waals surface area contributed by atoms with E-state index in [0.29, 0.717) is 23.7 Å². The molecule has 0 unspecified atom stereocenters. The molecule has 0 aliphatic heterocycles. The van der Waals surface area contributed by atoms with Crippen LogP contribution < -0.4 is 10.1 Å². The summed E-state index contributed by atoms with van der Waals surface area (Å²) in [5.41, 5.74) is 1.39. The third-order valence-corrected chi connectivity index (χ3v) is 5.07. The Morgan fingerprint density at radius 2 is 2.03 bits per heavy atom.